The number of para-hydroxylation sites is 1. The molecule has 1 aliphatic rings. The Morgan fingerprint density at radius 1 is 0.966 bits per heavy atom. The van der Waals surface area contributed by atoms with Gasteiger partial charge in [-0.1, -0.05) is 36.4 Å². The number of carbonyl (C=O) groups excluding carboxylic acids is 2. The first-order valence-electron chi connectivity index (χ1n) is 9.90. The van der Waals surface area contributed by atoms with Crippen molar-refractivity contribution in [3.8, 4) is 5.69 Å². The summed E-state index contributed by atoms with van der Waals surface area (Å²) < 4.78 is 1.90. The zero-order valence-electron chi connectivity index (χ0n) is 16.4. The van der Waals surface area contributed by atoms with Gasteiger partial charge in [0.2, 0.25) is 0 Å². The van der Waals surface area contributed by atoms with Crippen LogP contribution >= 0.6 is 0 Å². The predicted molar refractivity (Wildman–Crippen MR) is 111 cm³/mol. The molecule has 2 aromatic carbocycles. The molecule has 4 rings (SSSR count). The van der Waals surface area contributed by atoms with Crippen LogP contribution in [0, 0.1) is 6.92 Å². The largest absolute Gasteiger partial charge is 0.350 e. The molecule has 1 saturated carbocycles. The standard InChI is InChI=1S/C23H24N4O2/c1-16-7-5-6-10-20(16)27-21(17-11-12-17)19(15-26-27)23(29)25-14-13-24-22(28)18-8-3-2-4-9-18/h2-10,15,17H,11-14H2,1H3,(H,24,28)(H,25,29). The lowest BCUT2D eigenvalue weighted by Gasteiger charge is -2.11. The second kappa shape index (κ2) is 8.31. The first-order valence-corrected chi connectivity index (χ1v) is 9.90. The lowest BCUT2D eigenvalue weighted by molar-refractivity contribution is 0.0927. The Balaban J connectivity index is 1.40. The fraction of sp³-hybridized carbons (Fsp3) is 0.261. The van der Waals surface area contributed by atoms with Crippen LogP contribution in [0.3, 0.4) is 0 Å². The fourth-order valence-electron chi connectivity index (χ4n) is 3.41. The summed E-state index contributed by atoms with van der Waals surface area (Å²) in [6.45, 7) is 2.77. The zero-order chi connectivity index (χ0) is 20.2. The van der Waals surface area contributed by atoms with Gasteiger partial charge in [-0.2, -0.15) is 5.10 Å². The summed E-state index contributed by atoms with van der Waals surface area (Å²) in [5.41, 5.74) is 4.32. The van der Waals surface area contributed by atoms with Gasteiger partial charge in [0, 0.05) is 24.6 Å². The summed E-state index contributed by atoms with van der Waals surface area (Å²) >= 11 is 0. The molecule has 1 heterocycles. The Bertz CT molecular complexity index is 1020. The SMILES string of the molecule is Cc1ccccc1-n1ncc(C(=O)NCCNC(=O)c2ccccc2)c1C1CC1. The van der Waals surface area contributed by atoms with Crippen molar-refractivity contribution in [3.05, 3.63) is 83.2 Å². The average Bonchev–Trinajstić information content (AvgIpc) is 3.50. The maximum absolute atomic E-state index is 12.8. The van der Waals surface area contributed by atoms with Crippen molar-refractivity contribution in [2.45, 2.75) is 25.7 Å². The highest BCUT2D eigenvalue weighted by molar-refractivity contribution is 5.96. The lowest BCUT2D eigenvalue weighted by atomic mass is 10.1. The molecular formula is C23H24N4O2. The van der Waals surface area contributed by atoms with Crippen molar-refractivity contribution < 1.29 is 9.59 Å². The van der Waals surface area contributed by atoms with Crippen molar-refractivity contribution in [3.63, 3.8) is 0 Å². The third kappa shape index (κ3) is 4.21. The lowest BCUT2D eigenvalue weighted by Crippen LogP contribution is -2.34. The monoisotopic (exact) mass is 388 g/mol. The highest BCUT2D eigenvalue weighted by atomic mass is 16.2. The number of benzene rings is 2. The highest BCUT2D eigenvalue weighted by Crippen LogP contribution is 2.42. The van der Waals surface area contributed by atoms with E-state index in [2.05, 4.69) is 15.7 Å². The number of aromatic nitrogens is 2. The van der Waals surface area contributed by atoms with E-state index in [-0.39, 0.29) is 11.8 Å². The molecule has 0 atom stereocenters. The van der Waals surface area contributed by atoms with E-state index < -0.39 is 0 Å². The maximum atomic E-state index is 12.8. The molecule has 2 amide bonds. The van der Waals surface area contributed by atoms with E-state index in [0.717, 1.165) is 29.8 Å². The van der Waals surface area contributed by atoms with E-state index >= 15 is 0 Å². The summed E-state index contributed by atoms with van der Waals surface area (Å²) in [4.78, 5) is 24.8. The summed E-state index contributed by atoms with van der Waals surface area (Å²) in [6, 6.07) is 17.1. The number of nitrogens with one attached hydrogen (secondary N) is 2. The number of carbonyl (C=O) groups is 2. The first kappa shape index (κ1) is 18.9. The Hall–Kier alpha value is -3.41. The van der Waals surface area contributed by atoms with Gasteiger partial charge in [0.25, 0.3) is 11.8 Å². The van der Waals surface area contributed by atoms with Crippen LogP contribution in [0.1, 0.15) is 50.7 Å². The second-order valence-corrected chi connectivity index (χ2v) is 7.29. The highest BCUT2D eigenvalue weighted by Gasteiger charge is 2.33. The van der Waals surface area contributed by atoms with Crippen molar-refractivity contribution in [2.75, 3.05) is 13.1 Å². The molecule has 0 spiro atoms. The Morgan fingerprint density at radius 2 is 1.62 bits per heavy atom. The number of hydrogen-bond donors (Lipinski definition) is 2. The van der Waals surface area contributed by atoms with Crippen molar-refractivity contribution in [1.29, 1.82) is 0 Å². The molecule has 6 heteroatoms. The summed E-state index contributed by atoms with van der Waals surface area (Å²) in [6.07, 6.45) is 3.80. The van der Waals surface area contributed by atoms with Gasteiger partial charge in [-0.25, -0.2) is 4.68 Å². The molecule has 1 fully saturated rings. The number of hydrogen-bond acceptors (Lipinski definition) is 3. The normalized spacial score (nSPS) is 13.1. The molecule has 148 valence electrons. The topological polar surface area (TPSA) is 76.0 Å². The minimum Gasteiger partial charge on any atom is -0.350 e. The summed E-state index contributed by atoms with van der Waals surface area (Å²) in [5.74, 6) is 0.0715. The second-order valence-electron chi connectivity index (χ2n) is 7.29. The zero-order valence-corrected chi connectivity index (χ0v) is 16.4. The van der Waals surface area contributed by atoms with Gasteiger partial charge in [-0.15, -0.1) is 0 Å². The third-order valence-electron chi connectivity index (χ3n) is 5.09. The number of aryl methyl sites for hydroxylation is 1. The summed E-state index contributed by atoms with van der Waals surface area (Å²) in [5, 5.41) is 10.2. The molecule has 0 unspecified atom stereocenters. The van der Waals surface area contributed by atoms with E-state index in [0.29, 0.717) is 30.1 Å². The van der Waals surface area contributed by atoms with Gasteiger partial charge in [-0.3, -0.25) is 9.59 Å². The van der Waals surface area contributed by atoms with Crippen LogP contribution in [0.2, 0.25) is 0 Å². The maximum Gasteiger partial charge on any atom is 0.254 e. The quantitative estimate of drug-likeness (QED) is 0.610. The number of nitrogens with zero attached hydrogens (tertiary/aromatic N) is 2. The van der Waals surface area contributed by atoms with Crippen LogP contribution in [-0.4, -0.2) is 34.7 Å². The number of amides is 2. The van der Waals surface area contributed by atoms with Gasteiger partial charge in [0.15, 0.2) is 0 Å². The molecule has 0 saturated heterocycles. The van der Waals surface area contributed by atoms with E-state index in [1.165, 1.54) is 0 Å². The van der Waals surface area contributed by atoms with Crippen LogP contribution in [0.4, 0.5) is 0 Å². The fourth-order valence-corrected chi connectivity index (χ4v) is 3.41. The van der Waals surface area contributed by atoms with Crippen LogP contribution < -0.4 is 10.6 Å². The molecule has 29 heavy (non-hydrogen) atoms. The molecule has 0 aliphatic heterocycles. The van der Waals surface area contributed by atoms with Gasteiger partial charge >= 0.3 is 0 Å². The van der Waals surface area contributed by atoms with Crippen LogP contribution in [0.5, 0.6) is 0 Å². The van der Waals surface area contributed by atoms with Gasteiger partial charge in [-0.05, 0) is 43.5 Å². The van der Waals surface area contributed by atoms with Crippen molar-refractivity contribution in [1.82, 2.24) is 20.4 Å². The molecule has 2 N–H and O–H groups in total. The Kier molecular flexibility index (Phi) is 5.42. The molecule has 3 aromatic rings. The third-order valence-corrected chi connectivity index (χ3v) is 5.09. The van der Waals surface area contributed by atoms with E-state index in [9.17, 15) is 9.59 Å². The van der Waals surface area contributed by atoms with E-state index in [1.807, 2.05) is 54.1 Å². The predicted octanol–water partition coefficient (Wildman–Crippen LogP) is 3.22. The van der Waals surface area contributed by atoms with Gasteiger partial charge < -0.3 is 10.6 Å². The Labute approximate surface area is 169 Å². The van der Waals surface area contributed by atoms with Crippen molar-refractivity contribution >= 4 is 11.8 Å². The molecule has 0 radical (unpaired) electrons. The Morgan fingerprint density at radius 3 is 2.31 bits per heavy atom. The van der Waals surface area contributed by atoms with Gasteiger partial charge in [0.1, 0.15) is 0 Å². The average molecular weight is 388 g/mol. The molecule has 1 aromatic heterocycles. The summed E-state index contributed by atoms with van der Waals surface area (Å²) in [7, 11) is 0. The molecule has 0 bridgehead atoms. The van der Waals surface area contributed by atoms with Crippen molar-refractivity contribution in [2.24, 2.45) is 0 Å². The first-order chi connectivity index (χ1) is 14.1. The number of rotatable bonds is 7. The molecular weight excluding hydrogens is 364 g/mol. The van der Waals surface area contributed by atoms with Crippen LogP contribution in [0.25, 0.3) is 5.69 Å². The molecule has 6 nitrogen and oxygen atoms in total. The van der Waals surface area contributed by atoms with Crippen LogP contribution in [-0.2, 0) is 0 Å². The smallest absolute Gasteiger partial charge is 0.254 e. The van der Waals surface area contributed by atoms with E-state index in [4.69, 9.17) is 0 Å². The van der Waals surface area contributed by atoms with E-state index in [1.54, 1.807) is 18.3 Å². The minimum absolute atomic E-state index is 0.147. The van der Waals surface area contributed by atoms with Crippen LogP contribution in [0.15, 0.2) is 60.8 Å². The molecule has 1 aliphatic carbocycles. The minimum atomic E-state index is -0.152. The van der Waals surface area contributed by atoms with Gasteiger partial charge in [0.05, 0.1) is 23.1 Å².